The van der Waals surface area contributed by atoms with Crippen LogP contribution in [-0.2, 0) is 17.5 Å². The van der Waals surface area contributed by atoms with Crippen LogP contribution >= 0.6 is 11.3 Å². The van der Waals surface area contributed by atoms with Gasteiger partial charge in [0, 0.05) is 18.8 Å². The first-order valence-corrected chi connectivity index (χ1v) is 10.6. The molecule has 3 aromatic rings. The molecule has 0 atom stereocenters. The molecule has 0 aliphatic carbocycles. The number of benzene rings is 1. The minimum atomic E-state index is -4.54. The zero-order chi connectivity index (χ0) is 23.6. The molecule has 0 bridgehead atoms. The molecule has 2 amide bonds. The van der Waals surface area contributed by atoms with E-state index in [1.54, 1.807) is 11.8 Å². The number of hydrogen-bond acceptors (Lipinski definition) is 5. The summed E-state index contributed by atoms with van der Waals surface area (Å²) in [5, 5.41) is 2.65. The zero-order valence-electron chi connectivity index (χ0n) is 17.6. The van der Waals surface area contributed by atoms with Gasteiger partial charge >= 0.3 is 6.18 Å². The highest BCUT2D eigenvalue weighted by Gasteiger charge is 2.30. The minimum absolute atomic E-state index is 0.0168. The van der Waals surface area contributed by atoms with Crippen LogP contribution in [0, 0.1) is 6.92 Å². The number of thiophene rings is 1. The summed E-state index contributed by atoms with van der Waals surface area (Å²) in [4.78, 5) is 44.3. The van der Waals surface area contributed by atoms with Crippen LogP contribution in [0.4, 0.5) is 18.9 Å². The summed E-state index contributed by atoms with van der Waals surface area (Å²) >= 11 is 0.964. The van der Waals surface area contributed by atoms with Crippen molar-refractivity contribution in [3.8, 4) is 0 Å². The predicted octanol–water partition coefficient (Wildman–Crippen LogP) is 3.91. The van der Waals surface area contributed by atoms with E-state index >= 15 is 0 Å². The number of halogens is 3. The van der Waals surface area contributed by atoms with E-state index in [0.717, 1.165) is 23.5 Å². The zero-order valence-corrected chi connectivity index (χ0v) is 18.4. The van der Waals surface area contributed by atoms with Crippen LogP contribution in [-0.4, -0.2) is 39.4 Å². The van der Waals surface area contributed by atoms with Gasteiger partial charge in [-0.1, -0.05) is 6.07 Å². The smallest absolute Gasteiger partial charge is 0.342 e. The van der Waals surface area contributed by atoms with Crippen LogP contribution in [0.5, 0.6) is 0 Å². The van der Waals surface area contributed by atoms with Gasteiger partial charge in [0.05, 0.1) is 22.2 Å². The molecule has 0 fully saturated rings. The Labute approximate surface area is 185 Å². The molecule has 1 N–H and O–H groups in total. The van der Waals surface area contributed by atoms with Crippen LogP contribution in [0.15, 0.2) is 35.4 Å². The predicted molar refractivity (Wildman–Crippen MR) is 116 cm³/mol. The number of carbonyl (C=O) groups excluding carboxylic acids is 2. The number of aromatic nitrogens is 2. The highest BCUT2D eigenvalue weighted by molar-refractivity contribution is 7.20. The second kappa shape index (κ2) is 9.11. The van der Waals surface area contributed by atoms with Crippen LogP contribution in [0.1, 0.15) is 34.6 Å². The van der Waals surface area contributed by atoms with E-state index in [9.17, 15) is 27.6 Å². The first-order chi connectivity index (χ1) is 15.1. The van der Waals surface area contributed by atoms with Crippen molar-refractivity contribution in [2.45, 2.75) is 33.5 Å². The fraction of sp³-hybridized carbons (Fsp3) is 0.333. The first-order valence-electron chi connectivity index (χ1n) is 9.81. The molecule has 1 aromatic carbocycles. The average Bonchev–Trinajstić information content (AvgIpc) is 3.08. The summed E-state index contributed by atoms with van der Waals surface area (Å²) in [5.74, 6) is -0.872. The van der Waals surface area contributed by atoms with Gasteiger partial charge in [-0.2, -0.15) is 13.2 Å². The lowest BCUT2D eigenvalue weighted by molar-refractivity contribution is -0.137. The summed E-state index contributed by atoms with van der Waals surface area (Å²) in [5.41, 5.74) is -0.998. The standard InChI is InChI=1S/C21H21F3N4O3S/c1-4-27(5-2)15(29)10-28-11-25-19-16(20(28)31)12(3)17(32-19)18(30)26-14-8-6-7-13(9-14)21(22,23)24/h6-9,11H,4-5,10H2,1-3H3,(H,26,30). The number of carbonyl (C=O) groups is 2. The maximum absolute atomic E-state index is 12.9. The molecule has 170 valence electrons. The molecule has 0 aliphatic heterocycles. The summed E-state index contributed by atoms with van der Waals surface area (Å²) in [7, 11) is 0. The van der Waals surface area contributed by atoms with Crippen molar-refractivity contribution in [1.82, 2.24) is 14.5 Å². The Kier molecular flexibility index (Phi) is 6.68. The molecule has 32 heavy (non-hydrogen) atoms. The molecule has 0 saturated carbocycles. The monoisotopic (exact) mass is 466 g/mol. The van der Waals surface area contributed by atoms with Crippen LogP contribution in [0.25, 0.3) is 10.2 Å². The molecular weight excluding hydrogens is 445 g/mol. The molecule has 0 aliphatic rings. The summed E-state index contributed by atoms with van der Waals surface area (Å²) in [6.45, 7) is 6.09. The molecule has 2 aromatic heterocycles. The molecule has 11 heteroatoms. The Morgan fingerprint density at radius 3 is 2.53 bits per heavy atom. The topological polar surface area (TPSA) is 84.3 Å². The van der Waals surface area contributed by atoms with E-state index in [-0.39, 0.29) is 28.4 Å². The van der Waals surface area contributed by atoms with Gasteiger partial charge < -0.3 is 10.2 Å². The fourth-order valence-corrected chi connectivity index (χ4v) is 4.31. The van der Waals surface area contributed by atoms with Crippen molar-refractivity contribution in [1.29, 1.82) is 0 Å². The average molecular weight is 466 g/mol. The van der Waals surface area contributed by atoms with Crippen LogP contribution in [0.2, 0.25) is 0 Å². The Balaban J connectivity index is 1.91. The lowest BCUT2D eigenvalue weighted by atomic mass is 10.1. The van der Waals surface area contributed by atoms with Crippen molar-refractivity contribution in [2.75, 3.05) is 18.4 Å². The largest absolute Gasteiger partial charge is 0.416 e. The number of nitrogens with zero attached hydrogens (tertiary/aromatic N) is 3. The number of anilines is 1. The molecule has 0 radical (unpaired) electrons. The maximum atomic E-state index is 12.9. The van der Waals surface area contributed by atoms with E-state index in [1.165, 1.54) is 23.0 Å². The fourth-order valence-electron chi connectivity index (χ4n) is 3.27. The highest BCUT2D eigenvalue weighted by Crippen LogP contribution is 2.31. The number of likely N-dealkylation sites (N-methyl/N-ethyl adjacent to an activating group) is 1. The quantitative estimate of drug-likeness (QED) is 0.597. The molecule has 0 spiro atoms. The van der Waals surface area contributed by atoms with Gasteiger partial charge in [0.25, 0.3) is 11.5 Å². The summed E-state index contributed by atoms with van der Waals surface area (Å²) < 4.78 is 39.9. The van der Waals surface area contributed by atoms with Crippen LogP contribution in [0.3, 0.4) is 0 Å². The van der Waals surface area contributed by atoms with Gasteiger partial charge in [-0.3, -0.25) is 19.0 Å². The first kappa shape index (κ1) is 23.5. The van der Waals surface area contributed by atoms with Gasteiger partial charge in [-0.25, -0.2) is 4.98 Å². The second-order valence-corrected chi connectivity index (χ2v) is 8.01. The third kappa shape index (κ3) is 4.67. The number of hydrogen-bond donors (Lipinski definition) is 1. The SMILES string of the molecule is CCN(CC)C(=O)Cn1cnc2sc(C(=O)Nc3cccc(C(F)(F)F)c3)c(C)c2c1=O. The number of alkyl halides is 3. The van der Waals surface area contributed by atoms with E-state index in [1.807, 2.05) is 13.8 Å². The molecule has 7 nitrogen and oxygen atoms in total. The third-order valence-electron chi connectivity index (χ3n) is 4.99. The summed E-state index contributed by atoms with van der Waals surface area (Å²) in [6.07, 6.45) is -3.28. The normalized spacial score (nSPS) is 11.6. The Morgan fingerprint density at radius 2 is 1.91 bits per heavy atom. The number of rotatable bonds is 6. The Bertz CT molecular complexity index is 1230. The third-order valence-corrected chi connectivity index (χ3v) is 6.19. The number of aryl methyl sites for hydroxylation is 1. The van der Waals surface area contributed by atoms with Crippen molar-refractivity contribution in [3.63, 3.8) is 0 Å². The van der Waals surface area contributed by atoms with Gasteiger partial charge in [-0.15, -0.1) is 11.3 Å². The number of nitrogens with one attached hydrogen (secondary N) is 1. The maximum Gasteiger partial charge on any atom is 0.416 e. The van der Waals surface area contributed by atoms with E-state index < -0.39 is 23.2 Å². The van der Waals surface area contributed by atoms with Crippen molar-refractivity contribution in [2.24, 2.45) is 0 Å². The van der Waals surface area contributed by atoms with E-state index in [0.29, 0.717) is 23.5 Å². The van der Waals surface area contributed by atoms with Crippen molar-refractivity contribution >= 4 is 39.1 Å². The molecular formula is C21H21F3N4O3S. The Morgan fingerprint density at radius 1 is 1.22 bits per heavy atom. The second-order valence-electron chi connectivity index (χ2n) is 7.01. The lowest BCUT2D eigenvalue weighted by Crippen LogP contribution is -2.36. The molecule has 3 rings (SSSR count). The minimum Gasteiger partial charge on any atom is -0.342 e. The van der Waals surface area contributed by atoms with Gasteiger partial charge in [0.15, 0.2) is 0 Å². The van der Waals surface area contributed by atoms with E-state index in [4.69, 9.17) is 0 Å². The summed E-state index contributed by atoms with van der Waals surface area (Å²) in [6, 6.07) is 4.29. The van der Waals surface area contributed by atoms with Gasteiger partial charge in [-0.05, 0) is 44.5 Å². The van der Waals surface area contributed by atoms with Crippen molar-refractivity contribution in [3.05, 3.63) is 57.0 Å². The number of fused-ring (bicyclic) bond motifs is 1. The van der Waals surface area contributed by atoms with Gasteiger partial charge in [0.1, 0.15) is 11.4 Å². The van der Waals surface area contributed by atoms with E-state index in [2.05, 4.69) is 10.3 Å². The molecule has 0 saturated heterocycles. The molecule has 2 heterocycles. The van der Waals surface area contributed by atoms with Crippen LogP contribution < -0.4 is 10.9 Å². The lowest BCUT2D eigenvalue weighted by Gasteiger charge is -2.18. The number of amides is 2. The Hall–Kier alpha value is -3.21. The van der Waals surface area contributed by atoms with Crippen molar-refractivity contribution < 1.29 is 22.8 Å². The van der Waals surface area contributed by atoms with Gasteiger partial charge in [0.2, 0.25) is 5.91 Å². The molecule has 0 unspecified atom stereocenters. The highest BCUT2D eigenvalue weighted by atomic mass is 32.1.